The lowest BCUT2D eigenvalue weighted by atomic mass is 10.0. The van der Waals surface area contributed by atoms with Gasteiger partial charge >= 0.3 is 0 Å². The molecule has 5 heteroatoms. The number of nitrogens with zero attached hydrogens (tertiary/aromatic N) is 1. The van der Waals surface area contributed by atoms with Gasteiger partial charge in [-0.15, -0.1) is 0 Å². The van der Waals surface area contributed by atoms with E-state index in [4.69, 9.17) is 0 Å². The molecule has 0 atom stereocenters. The summed E-state index contributed by atoms with van der Waals surface area (Å²) in [6.45, 7) is 0. The third kappa shape index (κ3) is 2.53. The molecule has 0 amide bonds. The third-order valence-corrected chi connectivity index (χ3v) is 3.38. The highest BCUT2D eigenvalue weighted by atomic mass is 16.6. The zero-order valence-electron chi connectivity index (χ0n) is 11.1. The summed E-state index contributed by atoms with van der Waals surface area (Å²) < 4.78 is 0. The lowest BCUT2D eigenvalue weighted by molar-refractivity contribution is -0.384. The zero-order valence-corrected chi connectivity index (χ0v) is 11.1. The third-order valence-electron chi connectivity index (χ3n) is 3.38. The van der Waals surface area contributed by atoms with Gasteiger partial charge in [0.15, 0.2) is 5.78 Å². The number of aromatic nitrogens is 1. The molecule has 1 N–H and O–H groups in total. The van der Waals surface area contributed by atoms with Gasteiger partial charge in [0.05, 0.1) is 10.4 Å². The maximum atomic E-state index is 12.4. The molecule has 0 radical (unpaired) electrons. The SMILES string of the molecule is O=C(Cc1ccccc1)c1c[nH]c2cc([N+](=O)[O-])ccc12. The number of H-pyrrole nitrogens is 1. The molecule has 0 saturated carbocycles. The van der Waals surface area contributed by atoms with Gasteiger partial charge in [-0.05, 0) is 11.6 Å². The number of carbonyl (C=O) groups excluding carboxylic acids is 1. The van der Waals surface area contributed by atoms with Gasteiger partial charge in [0.1, 0.15) is 0 Å². The summed E-state index contributed by atoms with van der Waals surface area (Å²) in [6, 6.07) is 13.9. The van der Waals surface area contributed by atoms with Crippen LogP contribution in [0.15, 0.2) is 54.7 Å². The average Bonchev–Trinajstić information content (AvgIpc) is 2.91. The Morgan fingerprint density at radius 1 is 1.14 bits per heavy atom. The minimum Gasteiger partial charge on any atom is -0.360 e. The molecule has 5 nitrogen and oxygen atoms in total. The molecule has 0 saturated heterocycles. The van der Waals surface area contributed by atoms with Gasteiger partial charge in [-0.3, -0.25) is 14.9 Å². The molecule has 1 heterocycles. The molecule has 0 aliphatic rings. The molecule has 0 bridgehead atoms. The Labute approximate surface area is 120 Å². The van der Waals surface area contributed by atoms with Gasteiger partial charge in [0.25, 0.3) is 5.69 Å². The Morgan fingerprint density at radius 2 is 1.90 bits per heavy atom. The van der Waals surface area contributed by atoms with Crippen molar-refractivity contribution in [2.24, 2.45) is 0 Å². The normalized spacial score (nSPS) is 10.7. The van der Waals surface area contributed by atoms with Crippen molar-refractivity contribution in [3.8, 4) is 0 Å². The van der Waals surface area contributed by atoms with E-state index < -0.39 is 4.92 Å². The fourth-order valence-corrected chi connectivity index (χ4v) is 2.33. The van der Waals surface area contributed by atoms with Crippen molar-refractivity contribution in [2.75, 3.05) is 0 Å². The first-order valence-electron chi connectivity index (χ1n) is 6.48. The molecule has 0 unspecified atom stereocenters. The number of nitro groups is 1. The van der Waals surface area contributed by atoms with E-state index in [9.17, 15) is 14.9 Å². The number of ketones is 1. The van der Waals surface area contributed by atoms with Crippen molar-refractivity contribution in [2.45, 2.75) is 6.42 Å². The fourth-order valence-electron chi connectivity index (χ4n) is 2.33. The molecule has 1 aromatic heterocycles. The minimum atomic E-state index is -0.453. The molecule has 3 rings (SSSR count). The van der Waals surface area contributed by atoms with Crippen molar-refractivity contribution in [1.82, 2.24) is 4.98 Å². The second-order valence-electron chi connectivity index (χ2n) is 4.77. The number of benzene rings is 2. The number of aromatic amines is 1. The van der Waals surface area contributed by atoms with Crippen LogP contribution in [0.25, 0.3) is 10.9 Å². The smallest absolute Gasteiger partial charge is 0.271 e. The monoisotopic (exact) mass is 280 g/mol. The predicted molar refractivity (Wildman–Crippen MR) is 79.4 cm³/mol. The number of Topliss-reactive ketones (excluding diaryl/α,β-unsaturated/α-hetero) is 1. The second-order valence-corrected chi connectivity index (χ2v) is 4.77. The van der Waals surface area contributed by atoms with Crippen LogP contribution in [0.5, 0.6) is 0 Å². The van der Waals surface area contributed by atoms with E-state index in [-0.39, 0.29) is 11.5 Å². The number of hydrogen-bond acceptors (Lipinski definition) is 3. The second kappa shape index (κ2) is 5.20. The van der Waals surface area contributed by atoms with Crippen molar-refractivity contribution in [1.29, 1.82) is 0 Å². The molecule has 0 aliphatic heterocycles. The van der Waals surface area contributed by atoms with E-state index in [0.717, 1.165) is 5.56 Å². The molecule has 104 valence electrons. The minimum absolute atomic E-state index is 0.00593. The fraction of sp³-hybridized carbons (Fsp3) is 0.0625. The summed E-state index contributed by atoms with van der Waals surface area (Å²) in [6.07, 6.45) is 1.92. The number of rotatable bonds is 4. The van der Waals surface area contributed by atoms with Gasteiger partial charge in [-0.1, -0.05) is 30.3 Å². The van der Waals surface area contributed by atoms with Gasteiger partial charge in [-0.2, -0.15) is 0 Å². The van der Waals surface area contributed by atoms with Crippen molar-refractivity contribution < 1.29 is 9.72 Å². The van der Waals surface area contributed by atoms with Gasteiger partial charge < -0.3 is 4.98 Å². The highest BCUT2D eigenvalue weighted by molar-refractivity contribution is 6.08. The first kappa shape index (κ1) is 13.1. The highest BCUT2D eigenvalue weighted by Crippen LogP contribution is 2.24. The van der Waals surface area contributed by atoms with Gasteiger partial charge in [0, 0.05) is 35.7 Å². The summed E-state index contributed by atoms with van der Waals surface area (Å²) in [5.74, 6) is -0.0127. The molecule has 0 fully saturated rings. The van der Waals surface area contributed by atoms with Crippen LogP contribution in [-0.4, -0.2) is 15.7 Å². The summed E-state index contributed by atoms with van der Waals surface area (Å²) in [5.41, 5.74) is 2.11. The van der Waals surface area contributed by atoms with Crippen LogP contribution >= 0.6 is 0 Å². The Kier molecular flexibility index (Phi) is 3.23. The van der Waals surface area contributed by atoms with Crippen LogP contribution in [-0.2, 0) is 6.42 Å². The van der Waals surface area contributed by atoms with Crippen LogP contribution in [0.1, 0.15) is 15.9 Å². The largest absolute Gasteiger partial charge is 0.360 e. The summed E-state index contributed by atoms with van der Waals surface area (Å²) >= 11 is 0. The Bertz CT molecular complexity index is 822. The molecular formula is C16H12N2O3. The Morgan fingerprint density at radius 3 is 2.62 bits per heavy atom. The lowest BCUT2D eigenvalue weighted by Crippen LogP contribution is -2.02. The maximum absolute atomic E-state index is 12.4. The van der Waals surface area contributed by atoms with Gasteiger partial charge in [-0.25, -0.2) is 0 Å². The van der Waals surface area contributed by atoms with Crippen molar-refractivity contribution >= 4 is 22.4 Å². The number of fused-ring (bicyclic) bond motifs is 1. The number of hydrogen-bond donors (Lipinski definition) is 1. The number of nitrogens with one attached hydrogen (secondary N) is 1. The standard InChI is InChI=1S/C16H12N2O3/c19-16(8-11-4-2-1-3-5-11)14-10-17-15-9-12(18(20)21)6-7-13(14)15/h1-7,9-10,17H,8H2. The van der Waals surface area contributed by atoms with E-state index >= 15 is 0 Å². The molecule has 3 aromatic rings. The molecule has 2 aromatic carbocycles. The van der Waals surface area contributed by atoms with Crippen LogP contribution in [0.3, 0.4) is 0 Å². The van der Waals surface area contributed by atoms with E-state index in [0.29, 0.717) is 22.9 Å². The molecular weight excluding hydrogens is 268 g/mol. The first-order chi connectivity index (χ1) is 10.1. The summed E-state index contributed by atoms with van der Waals surface area (Å²) in [7, 11) is 0. The number of carbonyl (C=O) groups is 1. The number of non-ortho nitro benzene ring substituents is 1. The molecule has 21 heavy (non-hydrogen) atoms. The molecule has 0 aliphatic carbocycles. The quantitative estimate of drug-likeness (QED) is 0.451. The Balaban J connectivity index is 1.94. The summed E-state index contributed by atoms with van der Waals surface area (Å²) in [5, 5.41) is 11.5. The zero-order chi connectivity index (χ0) is 14.8. The van der Waals surface area contributed by atoms with Crippen LogP contribution < -0.4 is 0 Å². The van der Waals surface area contributed by atoms with Gasteiger partial charge in [0.2, 0.25) is 0 Å². The number of nitro benzene ring substituents is 1. The van der Waals surface area contributed by atoms with Crippen LogP contribution in [0.4, 0.5) is 5.69 Å². The topological polar surface area (TPSA) is 76.0 Å². The average molecular weight is 280 g/mol. The first-order valence-corrected chi connectivity index (χ1v) is 6.48. The van der Waals surface area contributed by atoms with E-state index in [1.54, 1.807) is 12.3 Å². The van der Waals surface area contributed by atoms with Crippen LogP contribution in [0, 0.1) is 10.1 Å². The lowest BCUT2D eigenvalue weighted by Gasteiger charge is -2.00. The van der Waals surface area contributed by atoms with E-state index in [2.05, 4.69) is 4.98 Å². The Hall–Kier alpha value is -2.95. The van der Waals surface area contributed by atoms with Crippen molar-refractivity contribution in [3.05, 3.63) is 76.0 Å². The molecule has 0 spiro atoms. The van der Waals surface area contributed by atoms with E-state index in [1.165, 1.54) is 12.1 Å². The highest BCUT2D eigenvalue weighted by Gasteiger charge is 2.15. The maximum Gasteiger partial charge on any atom is 0.271 e. The van der Waals surface area contributed by atoms with E-state index in [1.807, 2.05) is 30.3 Å². The van der Waals surface area contributed by atoms with Crippen LogP contribution in [0.2, 0.25) is 0 Å². The van der Waals surface area contributed by atoms with Crippen molar-refractivity contribution in [3.63, 3.8) is 0 Å². The summed E-state index contributed by atoms with van der Waals surface area (Å²) in [4.78, 5) is 25.6. The predicted octanol–water partition coefficient (Wildman–Crippen LogP) is 3.50.